The van der Waals surface area contributed by atoms with Crippen LogP contribution < -0.4 is 0 Å². The molecule has 2 heterocycles. The van der Waals surface area contributed by atoms with E-state index in [1.54, 1.807) is 19.9 Å². The molecule has 0 aliphatic rings. The van der Waals surface area contributed by atoms with Gasteiger partial charge < -0.3 is 14.4 Å². The molecular formula is C32H29F3N4O4. The number of carbonyl (C=O) groups excluding carboxylic acids is 1. The van der Waals surface area contributed by atoms with E-state index in [9.17, 15) is 23.1 Å². The van der Waals surface area contributed by atoms with Crippen LogP contribution in [0.2, 0.25) is 0 Å². The van der Waals surface area contributed by atoms with Crippen LogP contribution in [-0.4, -0.2) is 37.8 Å². The topological polar surface area (TPSA) is 103 Å². The Balaban J connectivity index is 1.30. The molecule has 5 aromatic rings. The molecule has 3 aromatic carbocycles. The average Bonchev–Trinajstić information content (AvgIpc) is 3.62. The van der Waals surface area contributed by atoms with Gasteiger partial charge in [-0.25, -0.2) is 4.68 Å². The lowest BCUT2D eigenvalue weighted by atomic mass is 9.97. The largest absolute Gasteiger partial charge is 0.466 e. The Morgan fingerprint density at radius 3 is 2.35 bits per heavy atom. The monoisotopic (exact) mass is 590 g/mol. The number of aryl methyl sites for hydroxylation is 2. The minimum atomic E-state index is -4.45. The number of benzene rings is 3. The molecule has 0 bridgehead atoms. The molecule has 0 aliphatic heterocycles. The number of rotatable bonds is 10. The Morgan fingerprint density at radius 2 is 1.67 bits per heavy atom. The Labute approximate surface area is 245 Å². The molecule has 11 heteroatoms. The summed E-state index contributed by atoms with van der Waals surface area (Å²) in [7, 11) is 0. The van der Waals surface area contributed by atoms with Gasteiger partial charge in [0.15, 0.2) is 5.76 Å². The van der Waals surface area contributed by atoms with E-state index >= 15 is 0 Å². The van der Waals surface area contributed by atoms with Crippen molar-refractivity contribution in [3.63, 3.8) is 0 Å². The fraction of sp³-hybridized carbons (Fsp3) is 0.250. The van der Waals surface area contributed by atoms with E-state index in [1.165, 1.54) is 16.9 Å². The van der Waals surface area contributed by atoms with Crippen LogP contribution in [0.3, 0.4) is 0 Å². The van der Waals surface area contributed by atoms with E-state index < -0.39 is 17.8 Å². The lowest BCUT2D eigenvalue weighted by Crippen LogP contribution is -2.07. The molecular weight excluding hydrogens is 561 g/mol. The van der Waals surface area contributed by atoms with Crippen LogP contribution in [0.5, 0.6) is 0 Å². The Bertz CT molecular complexity index is 1690. The smallest absolute Gasteiger partial charge is 0.416 e. The lowest BCUT2D eigenvalue weighted by molar-refractivity contribution is -0.143. The zero-order chi connectivity index (χ0) is 30.6. The van der Waals surface area contributed by atoms with E-state index in [1.807, 2.05) is 48.5 Å². The molecule has 0 amide bonds. The SMILES string of the molecule is CCOC(=O)CCc1ccc(-c2ccc(-c3onc(C)c3C(O)c3cn(Cc4cccc(C(F)(F)F)c4)nn3)cc2)cc1. The molecule has 8 nitrogen and oxygen atoms in total. The third kappa shape index (κ3) is 7.00. The van der Waals surface area contributed by atoms with Crippen molar-refractivity contribution in [2.45, 2.75) is 45.5 Å². The van der Waals surface area contributed by atoms with Crippen LogP contribution >= 0.6 is 0 Å². The predicted octanol–water partition coefficient (Wildman–Crippen LogP) is 6.55. The standard InChI is InChI=1S/C32H29F3N4O4/c1-3-42-28(40)16-9-21-7-10-23(11-8-21)24-12-14-25(15-13-24)31-29(20(2)37-43-31)30(41)27-19-39(38-36-27)18-22-5-4-6-26(17-22)32(33,34)35/h4-8,10-15,17,19,30,41H,3,9,16,18H2,1-2H3. The highest BCUT2D eigenvalue weighted by molar-refractivity contribution is 5.71. The van der Waals surface area contributed by atoms with E-state index in [2.05, 4.69) is 15.5 Å². The number of hydrogen-bond donors (Lipinski definition) is 1. The van der Waals surface area contributed by atoms with Crippen LogP contribution in [0.4, 0.5) is 13.2 Å². The summed E-state index contributed by atoms with van der Waals surface area (Å²) >= 11 is 0. The first-order chi connectivity index (χ1) is 20.6. The summed E-state index contributed by atoms with van der Waals surface area (Å²) in [5.41, 5.74) is 4.45. The third-order valence-corrected chi connectivity index (χ3v) is 6.97. The fourth-order valence-corrected chi connectivity index (χ4v) is 4.76. The summed E-state index contributed by atoms with van der Waals surface area (Å²) in [5, 5.41) is 23.3. The maximum atomic E-state index is 13.1. The highest BCUT2D eigenvalue weighted by Crippen LogP contribution is 2.35. The van der Waals surface area contributed by atoms with E-state index in [0.717, 1.165) is 28.8 Å². The second-order valence-corrected chi connectivity index (χ2v) is 10.0. The number of alkyl halides is 3. The van der Waals surface area contributed by atoms with Crippen LogP contribution in [0, 0.1) is 6.92 Å². The average molecular weight is 591 g/mol. The lowest BCUT2D eigenvalue weighted by Gasteiger charge is -2.10. The Kier molecular flexibility index (Phi) is 8.72. The van der Waals surface area contributed by atoms with Crippen molar-refractivity contribution in [3.8, 4) is 22.5 Å². The molecule has 2 aromatic heterocycles. The number of aliphatic hydroxyl groups excluding tert-OH is 1. The molecule has 1 atom stereocenters. The summed E-state index contributed by atoms with van der Waals surface area (Å²) in [6.45, 7) is 3.91. The number of carbonyl (C=O) groups is 1. The van der Waals surface area contributed by atoms with Crippen molar-refractivity contribution in [1.82, 2.24) is 20.2 Å². The number of nitrogens with zero attached hydrogens (tertiary/aromatic N) is 4. The van der Waals surface area contributed by atoms with Gasteiger partial charge in [-0.15, -0.1) is 5.10 Å². The number of aromatic nitrogens is 4. The van der Waals surface area contributed by atoms with Crippen molar-refractivity contribution >= 4 is 5.97 Å². The van der Waals surface area contributed by atoms with Crippen molar-refractivity contribution in [1.29, 1.82) is 0 Å². The maximum Gasteiger partial charge on any atom is 0.416 e. The van der Waals surface area contributed by atoms with Crippen molar-refractivity contribution in [2.24, 2.45) is 0 Å². The normalized spacial score (nSPS) is 12.3. The van der Waals surface area contributed by atoms with E-state index in [-0.39, 0.29) is 18.2 Å². The molecule has 222 valence electrons. The first-order valence-corrected chi connectivity index (χ1v) is 13.7. The molecule has 1 unspecified atom stereocenters. The minimum Gasteiger partial charge on any atom is -0.466 e. The highest BCUT2D eigenvalue weighted by Gasteiger charge is 2.30. The number of halogens is 3. The Morgan fingerprint density at radius 1 is 1.00 bits per heavy atom. The van der Waals surface area contributed by atoms with Gasteiger partial charge in [0.1, 0.15) is 11.8 Å². The molecule has 1 N–H and O–H groups in total. The number of hydrogen-bond acceptors (Lipinski definition) is 7. The number of aliphatic hydroxyl groups is 1. The number of ether oxygens (including phenoxy) is 1. The molecule has 0 aliphatic carbocycles. The maximum absolute atomic E-state index is 13.1. The summed E-state index contributed by atoms with van der Waals surface area (Å²) in [5.74, 6) is 0.160. The first kappa shape index (κ1) is 29.7. The molecule has 5 rings (SSSR count). The molecule has 0 fully saturated rings. The van der Waals surface area contributed by atoms with Crippen LogP contribution in [-0.2, 0) is 28.7 Å². The van der Waals surface area contributed by atoms with Gasteiger partial charge in [-0.1, -0.05) is 71.0 Å². The second kappa shape index (κ2) is 12.6. The van der Waals surface area contributed by atoms with Gasteiger partial charge in [0, 0.05) is 12.0 Å². The second-order valence-electron chi connectivity index (χ2n) is 10.0. The van der Waals surface area contributed by atoms with Crippen molar-refractivity contribution in [3.05, 3.63) is 113 Å². The summed E-state index contributed by atoms with van der Waals surface area (Å²) in [4.78, 5) is 11.6. The van der Waals surface area contributed by atoms with Gasteiger partial charge in [0.25, 0.3) is 0 Å². The first-order valence-electron chi connectivity index (χ1n) is 13.7. The van der Waals surface area contributed by atoms with E-state index in [4.69, 9.17) is 9.26 Å². The summed E-state index contributed by atoms with van der Waals surface area (Å²) < 4.78 is 51.2. The zero-order valence-corrected chi connectivity index (χ0v) is 23.5. The molecule has 0 spiro atoms. The van der Waals surface area contributed by atoms with Crippen molar-refractivity contribution in [2.75, 3.05) is 6.61 Å². The third-order valence-electron chi connectivity index (χ3n) is 6.97. The fourth-order valence-electron chi connectivity index (χ4n) is 4.76. The highest BCUT2D eigenvalue weighted by atomic mass is 19.4. The zero-order valence-electron chi connectivity index (χ0n) is 23.5. The van der Waals surface area contributed by atoms with Gasteiger partial charge in [0.2, 0.25) is 0 Å². The van der Waals surface area contributed by atoms with Crippen LogP contribution in [0.1, 0.15) is 53.1 Å². The molecule has 0 saturated carbocycles. The molecule has 0 saturated heterocycles. The van der Waals surface area contributed by atoms with Crippen LogP contribution in [0.25, 0.3) is 22.5 Å². The summed E-state index contributed by atoms with van der Waals surface area (Å²) in [6.07, 6.45) is -3.25. The molecule has 43 heavy (non-hydrogen) atoms. The van der Waals surface area contributed by atoms with Gasteiger partial charge in [0.05, 0.1) is 36.2 Å². The predicted molar refractivity (Wildman–Crippen MR) is 152 cm³/mol. The Hall–Kier alpha value is -4.77. The van der Waals surface area contributed by atoms with Gasteiger partial charge in [-0.05, 0) is 54.7 Å². The minimum absolute atomic E-state index is 0.0486. The van der Waals surface area contributed by atoms with Gasteiger partial charge >= 0.3 is 12.1 Å². The quantitative estimate of drug-likeness (QED) is 0.184. The molecule has 0 radical (unpaired) electrons. The van der Waals surface area contributed by atoms with Crippen LogP contribution in [0.15, 0.2) is 83.5 Å². The summed E-state index contributed by atoms with van der Waals surface area (Å²) in [6, 6.07) is 20.5. The van der Waals surface area contributed by atoms with Gasteiger partial charge in [-0.3, -0.25) is 4.79 Å². The van der Waals surface area contributed by atoms with Gasteiger partial charge in [-0.2, -0.15) is 13.2 Å². The van der Waals surface area contributed by atoms with Crippen molar-refractivity contribution < 1.29 is 32.3 Å². The number of esters is 1. The van der Waals surface area contributed by atoms with E-state index in [0.29, 0.717) is 47.6 Å².